The molecule has 0 fully saturated rings. The summed E-state index contributed by atoms with van der Waals surface area (Å²) in [6.45, 7) is 0. The van der Waals surface area contributed by atoms with Crippen molar-refractivity contribution >= 4 is 43.7 Å². The van der Waals surface area contributed by atoms with Gasteiger partial charge in [-0.05, 0) is 64.0 Å². The molecule has 9 heteroatoms. The number of para-hydroxylation sites is 1. The Morgan fingerprint density at radius 3 is 2.28 bits per heavy atom. The Morgan fingerprint density at radius 2 is 1.69 bits per heavy atom. The van der Waals surface area contributed by atoms with Crippen molar-refractivity contribution < 1.29 is 22.1 Å². The minimum absolute atomic E-state index is 0.0118. The van der Waals surface area contributed by atoms with E-state index >= 15 is 0 Å². The van der Waals surface area contributed by atoms with Crippen molar-refractivity contribution in [2.24, 2.45) is 0 Å². The number of carbonyl (C=O) groups is 1. The van der Waals surface area contributed by atoms with Crippen molar-refractivity contribution in [2.75, 3.05) is 12.4 Å². The molecular weight excluding hydrogens is 496 g/mol. The molecule has 0 bridgehead atoms. The van der Waals surface area contributed by atoms with Gasteiger partial charge in [0.25, 0.3) is 5.91 Å². The van der Waals surface area contributed by atoms with E-state index in [0.29, 0.717) is 11.3 Å². The zero-order chi connectivity index (χ0) is 23.1. The van der Waals surface area contributed by atoms with Crippen LogP contribution in [0.25, 0.3) is 6.08 Å². The molecule has 0 aliphatic heterocycles. The maximum absolute atomic E-state index is 12.6. The number of carbonyl (C=O) groups excluding carboxylic acids is 1. The highest BCUT2D eigenvalue weighted by molar-refractivity contribution is 9.10. The molecule has 1 N–H and O–H groups in total. The van der Waals surface area contributed by atoms with Gasteiger partial charge in [-0.2, -0.15) is 13.7 Å². The van der Waals surface area contributed by atoms with Gasteiger partial charge >= 0.3 is 10.1 Å². The molecule has 3 aromatic rings. The number of nitriles is 1. The number of benzene rings is 3. The number of ether oxygens (including phenoxy) is 1. The quantitative estimate of drug-likeness (QED) is 0.277. The van der Waals surface area contributed by atoms with Gasteiger partial charge in [-0.3, -0.25) is 4.79 Å². The molecule has 162 valence electrons. The van der Waals surface area contributed by atoms with Gasteiger partial charge in [0.2, 0.25) is 0 Å². The molecule has 0 aliphatic rings. The number of halogens is 1. The molecule has 0 aromatic heterocycles. The molecule has 7 nitrogen and oxygen atoms in total. The first-order valence-corrected chi connectivity index (χ1v) is 11.4. The second-order valence-electron chi connectivity index (χ2n) is 6.37. The van der Waals surface area contributed by atoms with Crippen molar-refractivity contribution in [1.29, 1.82) is 5.26 Å². The summed E-state index contributed by atoms with van der Waals surface area (Å²) in [5, 5.41) is 12.1. The van der Waals surface area contributed by atoms with E-state index in [2.05, 4.69) is 21.2 Å². The molecular formula is C23H17BrN2O5S. The average molecular weight is 513 g/mol. The summed E-state index contributed by atoms with van der Waals surface area (Å²) >= 11 is 3.28. The fourth-order valence-electron chi connectivity index (χ4n) is 2.68. The van der Waals surface area contributed by atoms with E-state index in [1.54, 1.807) is 42.5 Å². The van der Waals surface area contributed by atoms with Crippen LogP contribution in [0.4, 0.5) is 5.69 Å². The highest BCUT2D eigenvalue weighted by Gasteiger charge is 2.22. The third-order valence-electron chi connectivity index (χ3n) is 4.18. The monoisotopic (exact) mass is 512 g/mol. The molecule has 3 rings (SSSR count). The van der Waals surface area contributed by atoms with Crippen molar-refractivity contribution in [2.45, 2.75) is 4.90 Å². The Balaban J connectivity index is 1.91. The van der Waals surface area contributed by atoms with Crippen LogP contribution in [-0.4, -0.2) is 21.4 Å². The lowest BCUT2D eigenvalue weighted by molar-refractivity contribution is -0.112. The molecule has 1 amide bonds. The zero-order valence-corrected chi connectivity index (χ0v) is 19.2. The molecule has 0 atom stereocenters. The first kappa shape index (κ1) is 23.1. The van der Waals surface area contributed by atoms with Crippen LogP contribution in [0.2, 0.25) is 0 Å². The lowest BCUT2D eigenvalue weighted by Gasteiger charge is -2.13. The third kappa shape index (κ3) is 5.55. The maximum atomic E-state index is 12.6. The predicted octanol–water partition coefficient (Wildman–Crippen LogP) is 4.77. The SMILES string of the molecule is COc1cc(/C=C(\C#N)C(=O)Nc2ccccc2)cc(Br)c1OS(=O)(=O)c1ccccc1. The first-order valence-electron chi connectivity index (χ1n) is 9.19. The van der Waals surface area contributed by atoms with Gasteiger partial charge in [-0.15, -0.1) is 0 Å². The molecule has 0 saturated carbocycles. The Kier molecular flexibility index (Phi) is 7.30. The minimum atomic E-state index is -4.10. The smallest absolute Gasteiger partial charge is 0.339 e. The number of rotatable bonds is 7. The fourth-order valence-corrected chi connectivity index (χ4v) is 4.31. The van der Waals surface area contributed by atoms with Gasteiger partial charge in [0.1, 0.15) is 16.5 Å². The molecule has 0 radical (unpaired) electrons. The van der Waals surface area contributed by atoms with E-state index < -0.39 is 16.0 Å². The van der Waals surface area contributed by atoms with E-state index in [1.165, 1.54) is 37.5 Å². The maximum Gasteiger partial charge on any atom is 0.339 e. The lowest BCUT2D eigenvalue weighted by atomic mass is 10.1. The molecule has 0 aliphatic carbocycles. The van der Waals surface area contributed by atoms with Crippen LogP contribution < -0.4 is 14.2 Å². The normalized spacial score (nSPS) is 11.3. The molecule has 32 heavy (non-hydrogen) atoms. The minimum Gasteiger partial charge on any atom is -0.493 e. The first-order chi connectivity index (χ1) is 15.3. The largest absolute Gasteiger partial charge is 0.493 e. The summed E-state index contributed by atoms with van der Waals surface area (Å²) < 4.78 is 36.0. The van der Waals surface area contributed by atoms with E-state index in [0.717, 1.165) is 0 Å². The Bertz CT molecular complexity index is 1300. The Labute approximate surface area is 194 Å². The summed E-state index contributed by atoms with van der Waals surface area (Å²) in [5.41, 5.74) is 0.832. The number of nitrogens with zero attached hydrogens (tertiary/aromatic N) is 1. The Hall–Kier alpha value is -3.61. The van der Waals surface area contributed by atoms with Crippen LogP contribution in [-0.2, 0) is 14.9 Å². The van der Waals surface area contributed by atoms with E-state index in [9.17, 15) is 18.5 Å². The van der Waals surface area contributed by atoms with Gasteiger partial charge < -0.3 is 14.2 Å². The summed E-state index contributed by atoms with van der Waals surface area (Å²) in [4.78, 5) is 12.4. The highest BCUT2D eigenvalue weighted by atomic mass is 79.9. The van der Waals surface area contributed by atoms with Crippen LogP contribution in [0, 0.1) is 11.3 Å². The van der Waals surface area contributed by atoms with Crippen LogP contribution >= 0.6 is 15.9 Å². The molecule has 3 aromatic carbocycles. The van der Waals surface area contributed by atoms with Gasteiger partial charge in [0.15, 0.2) is 11.5 Å². The van der Waals surface area contributed by atoms with Crippen LogP contribution in [0.5, 0.6) is 11.5 Å². The van der Waals surface area contributed by atoms with Gasteiger partial charge in [0, 0.05) is 5.69 Å². The van der Waals surface area contributed by atoms with Crippen molar-refractivity contribution in [3.05, 3.63) is 88.4 Å². The third-order valence-corrected chi connectivity index (χ3v) is 6.01. The summed E-state index contributed by atoms with van der Waals surface area (Å²) in [5.74, 6) is -0.535. The number of amides is 1. The van der Waals surface area contributed by atoms with E-state index in [-0.39, 0.29) is 26.4 Å². The number of anilines is 1. The van der Waals surface area contributed by atoms with Gasteiger partial charge in [-0.1, -0.05) is 36.4 Å². The van der Waals surface area contributed by atoms with Crippen molar-refractivity contribution in [3.8, 4) is 17.6 Å². The number of nitrogens with one attached hydrogen (secondary N) is 1. The number of hydrogen-bond acceptors (Lipinski definition) is 6. The second-order valence-corrected chi connectivity index (χ2v) is 8.78. The summed E-state index contributed by atoms with van der Waals surface area (Å²) in [6, 6.07) is 21.3. The standard InChI is InChI=1S/C23H17BrN2O5S/c1-30-21-14-16(12-17(15-25)23(27)26-18-8-4-2-5-9-18)13-20(24)22(21)31-32(28,29)19-10-6-3-7-11-19/h2-14H,1H3,(H,26,27)/b17-12+. The van der Waals surface area contributed by atoms with E-state index in [1.807, 2.05) is 12.1 Å². The highest BCUT2D eigenvalue weighted by Crippen LogP contribution is 2.39. The van der Waals surface area contributed by atoms with Gasteiger partial charge in [0.05, 0.1) is 11.6 Å². The van der Waals surface area contributed by atoms with E-state index in [4.69, 9.17) is 8.92 Å². The zero-order valence-electron chi connectivity index (χ0n) is 16.8. The molecule has 0 spiro atoms. The number of hydrogen-bond donors (Lipinski definition) is 1. The molecule has 0 unspecified atom stereocenters. The average Bonchev–Trinajstić information content (AvgIpc) is 2.80. The summed E-state index contributed by atoms with van der Waals surface area (Å²) in [7, 11) is -2.75. The molecule has 0 heterocycles. The topological polar surface area (TPSA) is 105 Å². The van der Waals surface area contributed by atoms with Crippen LogP contribution in [0.3, 0.4) is 0 Å². The van der Waals surface area contributed by atoms with Crippen LogP contribution in [0.1, 0.15) is 5.56 Å². The Morgan fingerprint density at radius 1 is 1.06 bits per heavy atom. The van der Waals surface area contributed by atoms with Crippen molar-refractivity contribution in [3.63, 3.8) is 0 Å². The number of methoxy groups -OCH3 is 1. The van der Waals surface area contributed by atoms with Crippen LogP contribution in [0.15, 0.2) is 87.7 Å². The molecule has 0 saturated heterocycles. The second kappa shape index (κ2) is 10.1. The predicted molar refractivity (Wildman–Crippen MR) is 124 cm³/mol. The lowest BCUT2D eigenvalue weighted by Crippen LogP contribution is -2.13. The van der Waals surface area contributed by atoms with Gasteiger partial charge in [-0.25, -0.2) is 0 Å². The van der Waals surface area contributed by atoms with Crippen molar-refractivity contribution in [1.82, 2.24) is 0 Å². The summed E-state index contributed by atoms with van der Waals surface area (Å²) in [6.07, 6.45) is 1.36. The fraction of sp³-hybridized carbons (Fsp3) is 0.0435.